The third-order valence-corrected chi connectivity index (χ3v) is 7.53. The third kappa shape index (κ3) is 5.45. The topological polar surface area (TPSA) is 117 Å². The number of carbonyl (C=O) groups excluding carboxylic acids is 3. The molecule has 10 nitrogen and oxygen atoms in total. The largest absolute Gasteiger partial charge is 0.459 e. The monoisotopic (exact) mass is 495 g/mol. The molecule has 2 amide bonds. The smallest absolute Gasteiger partial charge is 0.341 e. The highest BCUT2D eigenvalue weighted by molar-refractivity contribution is 7.89. The van der Waals surface area contributed by atoms with E-state index in [1.807, 2.05) is 0 Å². The lowest BCUT2D eigenvalue weighted by molar-refractivity contribution is -0.136. The second kappa shape index (κ2) is 10.8. The van der Waals surface area contributed by atoms with Crippen molar-refractivity contribution in [1.29, 1.82) is 0 Å². The van der Waals surface area contributed by atoms with Crippen LogP contribution in [0.1, 0.15) is 34.8 Å². The van der Waals surface area contributed by atoms with E-state index in [9.17, 15) is 27.2 Å². The highest BCUT2D eigenvalue weighted by Crippen LogP contribution is 2.20. The van der Waals surface area contributed by atoms with Crippen LogP contribution in [0.2, 0.25) is 0 Å². The van der Waals surface area contributed by atoms with E-state index < -0.39 is 39.9 Å². The number of halogens is 1. The Morgan fingerprint density at radius 3 is 2.29 bits per heavy atom. The molecule has 0 aliphatic carbocycles. The number of benzene rings is 1. The third-order valence-electron chi connectivity index (χ3n) is 5.48. The number of piperazine rings is 1. The van der Waals surface area contributed by atoms with Crippen LogP contribution in [0, 0.1) is 5.82 Å². The molecule has 1 fully saturated rings. The highest BCUT2D eigenvalue weighted by atomic mass is 32.2. The zero-order valence-electron chi connectivity index (χ0n) is 18.9. The normalized spacial score (nSPS) is 14.4. The van der Waals surface area contributed by atoms with Gasteiger partial charge in [-0.3, -0.25) is 9.59 Å². The van der Waals surface area contributed by atoms with Gasteiger partial charge in [0.05, 0.1) is 16.7 Å². The van der Waals surface area contributed by atoms with Crippen molar-refractivity contribution in [2.75, 3.05) is 45.9 Å². The summed E-state index contributed by atoms with van der Waals surface area (Å²) in [6, 6.07) is 6.03. The van der Waals surface area contributed by atoms with Crippen molar-refractivity contribution in [3.8, 4) is 0 Å². The van der Waals surface area contributed by atoms with E-state index in [-0.39, 0.29) is 55.8 Å². The maximum absolute atomic E-state index is 14.2. The van der Waals surface area contributed by atoms with Crippen LogP contribution < -0.4 is 0 Å². The summed E-state index contributed by atoms with van der Waals surface area (Å²) in [5, 5.41) is 0. The SMILES string of the molecule is CCN(CC)S(=O)(=O)c1ccc(F)c(C(=O)OCC(=O)N2CCN(C(=O)c3ccco3)CC2)c1. The standard InChI is InChI=1S/C22H26FN3O7S/c1-3-26(4-2)34(30,31)16-7-8-18(23)17(14-16)22(29)33-15-20(27)24-9-11-25(12-10-24)21(28)19-6-5-13-32-19/h5-8,13-14H,3-4,9-12,15H2,1-2H3. The van der Waals surface area contributed by atoms with Crippen molar-refractivity contribution in [2.45, 2.75) is 18.7 Å². The van der Waals surface area contributed by atoms with E-state index in [0.29, 0.717) is 0 Å². The molecule has 0 bridgehead atoms. The lowest BCUT2D eigenvalue weighted by Gasteiger charge is -2.34. The summed E-state index contributed by atoms with van der Waals surface area (Å²) in [6.45, 7) is 4.13. The van der Waals surface area contributed by atoms with Gasteiger partial charge in [0.1, 0.15) is 5.82 Å². The quantitative estimate of drug-likeness (QED) is 0.511. The number of ether oxygens (including phenoxy) is 1. The first-order valence-corrected chi connectivity index (χ1v) is 12.2. The molecule has 1 aliphatic heterocycles. The summed E-state index contributed by atoms with van der Waals surface area (Å²) in [5.41, 5.74) is -0.574. The molecule has 0 N–H and O–H groups in total. The first kappa shape index (κ1) is 25.4. The van der Waals surface area contributed by atoms with Crippen molar-refractivity contribution in [3.63, 3.8) is 0 Å². The van der Waals surface area contributed by atoms with Crippen LogP contribution in [0.3, 0.4) is 0 Å². The van der Waals surface area contributed by atoms with Gasteiger partial charge in [0.2, 0.25) is 10.0 Å². The van der Waals surface area contributed by atoms with E-state index >= 15 is 0 Å². The Morgan fingerprint density at radius 2 is 1.71 bits per heavy atom. The molecule has 0 spiro atoms. The molecule has 184 valence electrons. The van der Waals surface area contributed by atoms with Crippen LogP contribution in [0.5, 0.6) is 0 Å². The van der Waals surface area contributed by atoms with Crippen molar-refractivity contribution in [1.82, 2.24) is 14.1 Å². The predicted octanol–water partition coefficient (Wildman–Crippen LogP) is 1.59. The van der Waals surface area contributed by atoms with Gasteiger partial charge in [-0.25, -0.2) is 17.6 Å². The van der Waals surface area contributed by atoms with Crippen LogP contribution >= 0.6 is 0 Å². The van der Waals surface area contributed by atoms with Gasteiger partial charge in [-0.05, 0) is 30.3 Å². The number of amides is 2. The summed E-state index contributed by atoms with van der Waals surface area (Å²) in [7, 11) is -3.91. The number of nitrogens with zero attached hydrogens (tertiary/aromatic N) is 3. The fourth-order valence-electron chi connectivity index (χ4n) is 3.55. The van der Waals surface area contributed by atoms with Crippen molar-refractivity contribution < 1.29 is 36.3 Å². The zero-order chi connectivity index (χ0) is 24.9. The zero-order valence-corrected chi connectivity index (χ0v) is 19.7. The first-order chi connectivity index (χ1) is 16.2. The minimum atomic E-state index is -3.91. The molecule has 0 atom stereocenters. The summed E-state index contributed by atoms with van der Waals surface area (Å²) in [4.78, 5) is 39.9. The van der Waals surface area contributed by atoms with Crippen LogP contribution in [0.4, 0.5) is 4.39 Å². The van der Waals surface area contributed by atoms with E-state index in [0.717, 1.165) is 18.2 Å². The molecule has 3 rings (SSSR count). The number of esters is 1. The molecule has 2 aromatic rings. The number of rotatable bonds is 8. The van der Waals surface area contributed by atoms with Crippen LogP contribution in [-0.2, 0) is 19.6 Å². The summed E-state index contributed by atoms with van der Waals surface area (Å²) in [6.07, 6.45) is 1.40. The highest BCUT2D eigenvalue weighted by Gasteiger charge is 2.28. The van der Waals surface area contributed by atoms with Crippen LogP contribution in [0.25, 0.3) is 0 Å². The van der Waals surface area contributed by atoms with E-state index in [4.69, 9.17) is 9.15 Å². The molecule has 0 unspecified atom stereocenters. The second-order valence-electron chi connectivity index (χ2n) is 7.46. The van der Waals surface area contributed by atoms with Gasteiger partial charge in [0.25, 0.3) is 11.8 Å². The minimum absolute atomic E-state index is 0.209. The number of sulfonamides is 1. The Bertz CT molecular complexity index is 1140. The molecule has 1 aromatic carbocycles. The summed E-state index contributed by atoms with van der Waals surface area (Å²) < 4.78 is 50.8. The number of hydrogen-bond acceptors (Lipinski definition) is 7. The van der Waals surface area contributed by atoms with Gasteiger partial charge in [-0.1, -0.05) is 13.8 Å². The molecular weight excluding hydrogens is 469 g/mol. The van der Waals surface area contributed by atoms with Gasteiger partial charge in [-0.15, -0.1) is 0 Å². The number of furan rings is 1. The van der Waals surface area contributed by atoms with Gasteiger partial charge in [0, 0.05) is 39.3 Å². The van der Waals surface area contributed by atoms with Gasteiger partial charge in [-0.2, -0.15) is 4.31 Å². The van der Waals surface area contributed by atoms with E-state index in [1.165, 1.54) is 15.5 Å². The average Bonchev–Trinajstić information content (AvgIpc) is 3.37. The molecule has 1 aromatic heterocycles. The summed E-state index contributed by atoms with van der Waals surface area (Å²) in [5.74, 6) is -2.68. The molecule has 1 aliphatic rings. The molecular formula is C22H26FN3O7S. The Kier molecular flexibility index (Phi) is 8.05. The fraction of sp³-hybridized carbons (Fsp3) is 0.409. The van der Waals surface area contributed by atoms with Gasteiger partial charge < -0.3 is 19.0 Å². The molecule has 0 saturated carbocycles. The van der Waals surface area contributed by atoms with Crippen molar-refractivity contribution >= 4 is 27.8 Å². The van der Waals surface area contributed by atoms with E-state index in [1.54, 1.807) is 30.9 Å². The summed E-state index contributed by atoms with van der Waals surface area (Å²) >= 11 is 0. The molecule has 34 heavy (non-hydrogen) atoms. The first-order valence-electron chi connectivity index (χ1n) is 10.8. The Balaban J connectivity index is 1.58. The lowest BCUT2D eigenvalue weighted by atomic mass is 10.2. The number of hydrogen-bond donors (Lipinski definition) is 0. The molecule has 12 heteroatoms. The Labute approximate surface area is 196 Å². The Hall–Kier alpha value is -3.25. The van der Waals surface area contributed by atoms with E-state index in [2.05, 4.69) is 0 Å². The van der Waals surface area contributed by atoms with Crippen molar-refractivity contribution in [2.24, 2.45) is 0 Å². The fourth-order valence-corrected chi connectivity index (χ4v) is 5.03. The lowest BCUT2D eigenvalue weighted by Crippen LogP contribution is -2.51. The van der Waals surface area contributed by atoms with Crippen molar-refractivity contribution in [3.05, 3.63) is 53.7 Å². The predicted molar refractivity (Wildman–Crippen MR) is 118 cm³/mol. The van der Waals surface area contributed by atoms with Gasteiger partial charge >= 0.3 is 5.97 Å². The van der Waals surface area contributed by atoms with Crippen LogP contribution in [-0.4, -0.2) is 86.2 Å². The minimum Gasteiger partial charge on any atom is -0.459 e. The second-order valence-corrected chi connectivity index (χ2v) is 9.40. The number of carbonyl (C=O) groups is 3. The Morgan fingerprint density at radius 1 is 1.06 bits per heavy atom. The van der Waals surface area contributed by atoms with Crippen LogP contribution in [0.15, 0.2) is 45.9 Å². The maximum atomic E-state index is 14.2. The molecule has 2 heterocycles. The molecule has 1 saturated heterocycles. The molecule has 0 radical (unpaired) electrons. The maximum Gasteiger partial charge on any atom is 0.341 e. The average molecular weight is 496 g/mol. The van der Waals surface area contributed by atoms with Gasteiger partial charge in [0.15, 0.2) is 12.4 Å².